The van der Waals surface area contributed by atoms with Gasteiger partial charge in [0.25, 0.3) is 0 Å². The fourth-order valence-corrected chi connectivity index (χ4v) is 2.19. The number of hydrogen-bond donors (Lipinski definition) is 0. The lowest BCUT2D eigenvalue weighted by molar-refractivity contribution is 0.292. The SMILES string of the molecule is CCN(CC)Cc1cccc(-c2cccc(OC)c2)n1. The molecule has 0 saturated heterocycles. The largest absolute Gasteiger partial charge is 0.497 e. The number of methoxy groups -OCH3 is 1. The van der Waals surface area contributed by atoms with Crippen molar-refractivity contribution in [3.05, 3.63) is 48.2 Å². The van der Waals surface area contributed by atoms with E-state index in [0.29, 0.717) is 0 Å². The third-order valence-corrected chi connectivity index (χ3v) is 3.45. The first kappa shape index (κ1) is 14.5. The zero-order valence-electron chi connectivity index (χ0n) is 12.5. The Bertz CT molecular complexity index is 550. The highest BCUT2D eigenvalue weighted by Gasteiger charge is 2.05. The van der Waals surface area contributed by atoms with Gasteiger partial charge in [-0.25, -0.2) is 0 Å². The maximum Gasteiger partial charge on any atom is 0.119 e. The molecule has 0 radical (unpaired) electrons. The molecule has 0 fully saturated rings. The molecule has 2 rings (SSSR count). The molecule has 3 heteroatoms. The number of hydrogen-bond acceptors (Lipinski definition) is 3. The summed E-state index contributed by atoms with van der Waals surface area (Å²) < 4.78 is 5.27. The van der Waals surface area contributed by atoms with E-state index in [4.69, 9.17) is 9.72 Å². The van der Waals surface area contributed by atoms with E-state index in [1.807, 2.05) is 24.3 Å². The second-order valence-electron chi connectivity index (χ2n) is 4.71. The van der Waals surface area contributed by atoms with Crippen LogP contribution in [0.25, 0.3) is 11.3 Å². The van der Waals surface area contributed by atoms with Crippen LogP contribution >= 0.6 is 0 Å². The van der Waals surface area contributed by atoms with Crippen molar-refractivity contribution >= 4 is 0 Å². The Morgan fingerprint density at radius 2 is 1.80 bits per heavy atom. The van der Waals surface area contributed by atoms with Crippen LogP contribution in [-0.2, 0) is 6.54 Å². The van der Waals surface area contributed by atoms with Crippen molar-refractivity contribution in [3.63, 3.8) is 0 Å². The maximum atomic E-state index is 5.27. The molecule has 1 aromatic carbocycles. The minimum atomic E-state index is 0.860. The summed E-state index contributed by atoms with van der Waals surface area (Å²) in [5.41, 5.74) is 3.19. The molecule has 20 heavy (non-hydrogen) atoms. The normalized spacial score (nSPS) is 10.8. The van der Waals surface area contributed by atoms with E-state index < -0.39 is 0 Å². The van der Waals surface area contributed by atoms with Crippen molar-refractivity contribution < 1.29 is 4.74 Å². The monoisotopic (exact) mass is 270 g/mol. The van der Waals surface area contributed by atoms with Gasteiger partial charge >= 0.3 is 0 Å². The Labute approximate surface area is 121 Å². The van der Waals surface area contributed by atoms with E-state index in [-0.39, 0.29) is 0 Å². The van der Waals surface area contributed by atoms with E-state index in [2.05, 4.69) is 36.9 Å². The van der Waals surface area contributed by atoms with Gasteiger partial charge in [0, 0.05) is 12.1 Å². The van der Waals surface area contributed by atoms with E-state index in [9.17, 15) is 0 Å². The number of benzene rings is 1. The molecule has 0 saturated carbocycles. The third-order valence-electron chi connectivity index (χ3n) is 3.45. The van der Waals surface area contributed by atoms with E-state index >= 15 is 0 Å². The van der Waals surface area contributed by atoms with Crippen molar-refractivity contribution in [3.8, 4) is 17.0 Å². The Hall–Kier alpha value is -1.87. The molecule has 0 unspecified atom stereocenters. The molecule has 2 aromatic rings. The highest BCUT2D eigenvalue weighted by Crippen LogP contribution is 2.22. The minimum absolute atomic E-state index is 0.860. The van der Waals surface area contributed by atoms with E-state index in [1.54, 1.807) is 7.11 Å². The van der Waals surface area contributed by atoms with Crippen LogP contribution in [0.2, 0.25) is 0 Å². The fourth-order valence-electron chi connectivity index (χ4n) is 2.19. The maximum absolute atomic E-state index is 5.27. The van der Waals surface area contributed by atoms with Crippen molar-refractivity contribution in [2.75, 3.05) is 20.2 Å². The van der Waals surface area contributed by atoms with Crippen LogP contribution in [0, 0.1) is 0 Å². The van der Waals surface area contributed by atoms with Gasteiger partial charge in [0.1, 0.15) is 5.75 Å². The lowest BCUT2D eigenvalue weighted by Gasteiger charge is -2.17. The summed E-state index contributed by atoms with van der Waals surface area (Å²) in [4.78, 5) is 7.12. The Kier molecular flexibility index (Phi) is 5.13. The summed E-state index contributed by atoms with van der Waals surface area (Å²) in [5.74, 6) is 0.860. The van der Waals surface area contributed by atoms with Crippen LogP contribution in [0.15, 0.2) is 42.5 Å². The van der Waals surface area contributed by atoms with Crippen molar-refractivity contribution in [1.82, 2.24) is 9.88 Å². The van der Waals surface area contributed by atoms with Crippen LogP contribution in [-0.4, -0.2) is 30.1 Å². The average molecular weight is 270 g/mol. The first-order chi connectivity index (χ1) is 9.76. The molecule has 1 heterocycles. The van der Waals surface area contributed by atoms with Gasteiger partial charge in [-0.2, -0.15) is 0 Å². The van der Waals surface area contributed by atoms with Crippen LogP contribution < -0.4 is 4.74 Å². The van der Waals surface area contributed by atoms with Crippen LogP contribution in [0.3, 0.4) is 0 Å². The molecule has 0 spiro atoms. The van der Waals surface area contributed by atoms with Gasteiger partial charge in [0.05, 0.1) is 18.5 Å². The predicted octanol–water partition coefficient (Wildman–Crippen LogP) is 3.60. The quantitative estimate of drug-likeness (QED) is 0.802. The van der Waals surface area contributed by atoms with Gasteiger partial charge in [-0.3, -0.25) is 9.88 Å². The Balaban J connectivity index is 2.24. The number of ether oxygens (including phenoxy) is 1. The molecule has 0 aliphatic heterocycles. The molecule has 106 valence electrons. The minimum Gasteiger partial charge on any atom is -0.497 e. The van der Waals surface area contributed by atoms with Gasteiger partial charge in [0.2, 0.25) is 0 Å². The zero-order valence-corrected chi connectivity index (χ0v) is 12.5. The van der Waals surface area contributed by atoms with Crippen molar-refractivity contribution in [1.29, 1.82) is 0 Å². The van der Waals surface area contributed by atoms with E-state index in [0.717, 1.165) is 42.3 Å². The van der Waals surface area contributed by atoms with Crippen LogP contribution in [0.5, 0.6) is 5.75 Å². The Morgan fingerprint density at radius 3 is 2.50 bits per heavy atom. The van der Waals surface area contributed by atoms with Gasteiger partial charge < -0.3 is 4.74 Å². The van der Waals surface area contributed by atoms with Gasteiger partial charge in [0.15, 0.2) is 0 Å². The molecule has 1 aromatic heterocycles. The summed E-state index contributed by atoms with van der Waals surface area (Å²) in [7, 11) is 1.68. The number of aromatic nitrogens is 1. The van der Waals surface area contributed by atoms with Gasteiger partial charge in [-0.05, 0) is 37.4 Å². The lowest BCUT2D eigenvalue weighted by atomic mass is 10.1. The second-order valence-corrected chi connectivity index (χ2v) is 4.71. The topological polar surface area (TPSA) is 25.4 Å². The molecular formula is C17H22N2O. The zero-order chi connectivity index (χ0) is 14.4. The fraction of sp³-hybridized carbons (Fsp3) is 0.353. The van der Waals surface area contributed by atoms with Crippen molar-refractivity contribution in [2.24, 2.45) is 0 Å². The van der Waals surface area contributed by atoms with Gasteiger partial charge in [-0.15, -0.1) is 0 Å². The van der Waals surface area contributed by atoms with Crippen LogP contribution in [0.1, 0.15) is 19.5 Å². The highest BCUT2D eigenvalue weighted by molar-refractivity contribution is 5.61. The molecule has 0 N–H and O–H groups in total. The summed E-state index contributed by atoms with van der Waals surface area (Å²) in [6.45, 7) is 7.33. The number of rotatable bonds is 6. The molecule has 3 nitrogen and oxygen atoms in total. The lowest BCUT2D eigenvalue weighted by Crippen LogP contribution is -2.22. The number of nitrogens with zero attached hydrogens (tertiary/aromatic N) is 2. The second kappa shape index (κ2) is 7.06. The third kappa shape index (κ3) is 3.58. The predicted molar refractivity (Wildman–Crippen MR) is 82.9 cm³/mol. The van der Waals surface area contributed by atoms with Crippen molar-refractivity contribution in [2.45, 2.75) is 20.4 Å². The molecule has 0 bridgehead atoms. The summed E-state index contributed by atoms with van der Waals surface area (Å²) >= 11 is 0. The number of pyridine rings is 1. The van der Waals surface area contributed by atoms with E-state index in [1.165, 1.54) is 0 Å². The molecule has 0 amide bonds. The van der Waals surface area contributed by atoms with Crippen LogP contribution in [0.4, 0.5) is 0 Å². The molecule has 0 aliphatic rings. The molecule has 0 atom stereocenters. The highest BCUT2D eigenvalue weighted by atomic mass is 16.5. The summed E-state index contributed by atoms with van der Waals surface area (Å²) in [5, 5.41) is 0. The average Bonchev–Trinajstić information content (AvgIpc) is 2.53. The molecule has 0 aliphatic carbocycles. The first-order valence-corrected chi connectivity index (χ1v) is 7.09. The Morgan fingerprint density at radius 1 is 1.05 bits per heavy atom. The summed E-state index contributed by atoms with van der Waals surface area (Å²) in [6.07, 6.45) is 0. The summed E-state index contributed by atoms with van der Waals surface area (Å²) in [6, 6.07) is 14.2. The smallest absolute Gasteiger partial charge is 0.119 e. The first-order valence-electron chi connectivity index (χ1n) is 7.09. The standard InChI is InChI=1S/C17H22N2O/c1-4-19(5-2)13-15-9-7-11-17(18-15)14-8-6-10-16(12-14)20-3/h6-12H,4-5,13H2,1-3H3. The molecular weight excluding hydrogens is 248 g/mol. The van der Waals surface area contributed by atoms with Gasteiger partial charge in [-0.1, -0.05) is 32.0 Å².